The Morgan fingerprint density at radius 3 is 2.48 bits per heavy atom. The third-order valence-electron chi connectivity index (χ3n) is 4.76. The zero-order valence-electron chi connectivity index (χ0n) is 16.4. The number of thiophene rings is 1. The summed E-state index contributed by atoms with van der Waals surface area (Å²) in [7, 11) is 0. The molecule has 0 aliphatic rings. The number of nitrogens with zero attached hydrogens (tertiary/aromatic N) is 3. The first-order valence-electron chi connectivity index (χ1n) is 9.49. The number of hydrogen-bond acceptors (Lipinski definition) is 6. The molecule has 0 aliphatic heterocycles. The van der Waals surface area contributed by atoms with E-state index in [1.54, 1.807) is 28.0 Å². The summed E-state index contributed by atoms with van der Waals surface area (Å²) in [6.45, 7) is 1.98. The lowest BCUT2D eigenvalue weighted by Crippen LogP contribution is -2.21. The van der Waals surface area contributed by atoms with Crippen molar-refractivity contribution >= 4 is 44.7 Å². The Morgan fingerprint density at radius 2 is 1.77 bits per heavy atom. The first kappa shape index (κ1) is 20.1. The minimum absolute atomic E-state index is 0.131. The lowest BCUT2D eigenvalue weighted by Gasteiger charge is -2.12. The van der Waals surface area contributed by atoms with E-state index in [0.717, 1.165) is 27.5 Å². The molecule has 0 saturated carbocycles. The highest BCUT2D eigenvalue weighted by molar-refractivity contribution is 7.98. The maximum Gasteiger partial charge on any atom is 0.268 e. The fourth-order valence-electron chi connectivity index (χ4n) is 3.33. The number of aryl methyl sites for hydroxylation is 1. The van der Waals surface area contributed by atoms with E-state index in [1.807, 2.05) is 48.0 Å². The van der Waals surface area contributed by atoms with Gasteiger partial charge < -0.3 is 0 Å². The fourth-order valence-corrected chi connectivity index (χ4v) is 5.94. The van der Waals surface area contributed by atoms with Crippen molar-refractivity contribution in [1.29, 1.82) is 0 Å². The SMILES string of the molecule is Cc1nc(CSc2nc3scc(-c4ccc(F)cc4)c3c(=O)n2-c2ccccc2)cs1. The van der Waals surface area contributed by atoms with Crippen molar-refractivity contribution in [3.63, 3.8) is 0 Å². The van der Waals surface area contributed by atoms with E-state index in [0.29, 0.717) is 21.1 Å². The zero-order valence-corrected chi connectivity index (χ0v) is 18.9. The maximum absolute atomic E-state index is 13.7. The second-order valence-corrected chi connectivity index (χ2v) is 9.72. The molecule has 0 spiro atoms. The van der Waals surface area contributed by atoms with Crippen LogP contribution in [0.3, 0.4) is 0 Å². The number of aromatic nitrogens is 3. The summed E-state index contributed by atoms with van der Waals surface area (Å²) < 4.78 is 15.1. The second kappa shape index (κ2) is 8.37. The van der Waals surface area contributed by atoms with Crippen molar-refractivity contribution in [3.05, 3.63) is 92.2 Å². The number of hydrogen-bond donors (Lipinski definition) is 0. The molecule has 0 saturated heterocycles. The van der Waals surface area contributed by atoms with E-state index in [1.165, 1.54) is 35.2 Å². The van der Waals surface area contributed by atoms with Crippen LogP contribution in [0, 0.1) is 12.7 Å². The minimum Gasteiger partial charge on any atom is -0.268 e. The fraction of sp³-hybridized carbons (Fsp3) is 0.0870. The molecule has 8 heteroatoms. The molecule has 3 aromatic heterocycles. The Morgan fingerprint density at radius 1 is 1.00 bits per heavy atom. The van der Waals surface area contributed by atoms with Crippen LogP contribution in [0.1, 0.15) is 10.7 Å². The van der Waals surface area contributed by atoms with Gasteiger partial charge in [-0.05, 0) is 36.8 Å². The van der Waals surface area contributed by atoms with Crippen molar-refractivity contribution in [2.24, 2.45) is 0 Å². The molecule has 0 radical (unpaired) electrons. The van der Waals surface area contributed by atoms with Gasteiger partial charge in [0.05, 0.1) is 21.8 Å². The van der Waals surface area contributed by atoms with Crippen LogP contribution in [0.4, 0.5) is 4.39 Å². The van der Waals surface area contributed by atoms with Crippen LogP contribution in [0.25, 0.3) is 27.0 Å². The highest BCUT2D eigenvalue weighted by Gasteiger charge is 2.19. The van der Waals surface area contributed by atoms with Crippen molar-refractivity contribution in [3.8, 4) is 16.8 Å². The normalized spacial score (nSPS) is 11.3. The van der Waals surface area contributed by atoms with E-state index >= 15 is 0 Å². The third kappa shape index (κ3) is 3.94. The average molecular weight is 466 g/mol. The number of thiazole rings is 1. The topological polar surface area (TPSA) is 47.8 Å². The number of thioether (sulfide) groups is 1. The lowest BCUT2D eigenvalue weighted by molar-refractivity contribution is 0.628. The van der Waals surface area contributed by atoms with Crippen molar-refractivity contribution < 1.29 is 4.39 Å². The molecule has 5 rings (SSSR count). The van der Waals surface area contributed by atoms with E-state index in [2.05, 4.69) is 4.98 Å². The van der Waals surface area contributed by atoms with Gasteiger partial charge in [0.15, 0.2) is 5.16 Å². The minimum atomic E-state index is -0.306. The number of benzene rings is 2. The van der Waals surface area contributed by atoms with Gasteiger partial charge in [-0.3, -0.25) is 9.36 Å². The predicted octanol–water partition coefficient (Wildman–Crippen LogP) is 6.31. The number of fused-ring (bicyclic) bond motifs is 1. The molecule has 0 N–H and O–H groups in total. The van der Waals surface area contributed by atoms with Crippen molar-refractivity contribution in [1.82, 2.24) is 14.5 Å². The van der Waals surface area contributed by atoms with Crippen LogP contribution >= 0.6 is 34.4 Å². The van der Waals surface area contributed by atoms with E-state index in [-0.39, 0.29) is 11.4 Å². The van der Waals surface area contributed by atoms with Crippen LogP contribution in [0.2, 0.25) is 0 Å². The third-order valence-corrected chi connectivity index (χ3v) is 7.43. The van der Waals surface area contributed by atoms with Gasteiger partial charge in [0.2, 0.25) is 0 Å². The standard InChI is InChI=1S/C23H16FN3OS3/c1-14-25-17(11-29-14)12-31-23-26-21-20(22(28)27(23)18-5-3-2-4-6-18)19(13-30-21)15-7-9-16(24)10-8-15/h2-11,13H,12H2,1H3. The van der Waals surface area contributed by atoms with Crippen LogP contribution in [-0.4, -0.2) is 14.5 Å². The molecule has 4 nitrogen and oxygen atoms in total. The van der Waals surface area contributed by atoms with Gasteiger partial charge in [0.1, 0.15) is 10.6 Å². The number of halogens is 1. The average Bonchev–Trinajstić information content (AvgIpc) is 3.40. The molecule has 0 atom stereocenters. The highest BCUT2D eigenvalue weighted by Crippen LogP contribution is 2.33. The van der Waals surface area contributed by atoms with Gasteiger partial charge in [0, 0.05) is 22.1 Å². The Hall–Kier alpha value is -2.81. The van der Waals surface area contributed by atoms with Crippen molar-refractivity contribution in [2.75, 3.05) is 0 Å². The molecule has 31 heavy (non-hydrogen) atoms. The second-order valence-electron chi connectivity index (χ2n) is 6.85. The summed E-state index contributed by atoms with van der Waals surface area (Å²) in [6, 6.07) is 15.7. The summed E-state index contributed by atoms with van der Waals surface area (Å²) in [4.78, 5) is 23.8. The molecular weight excluding hydrogens is 449 g/mol. The largest absolute Gasteiger partial charge is 0.268 e. The Bertz CT molecular complexity index is 1420. The molecule has 2 aromatic carbocycles. The zero-order chi connectivity index (χ0) is 21.4. The predicted molar refractivity (Wildman–Crippen MR) is 127 cm³/mol. The molecular formula is C23H16FN3OS3. The smallest absolute Gasteiger partial charge is 0.268 e. The number of para-hydroxylation sites is 1. The Labute approximate surface area is 190 Å². The van der Waals surface area contributed by atoms with Crippen molar-refractivity contribution in [2.45, 2.75) is 17.8 Å². The summed E-state index contributed by atoms with van der Waals surface area (Å²) in [5, 5.41) is 6.14. The molecule has 0 fully saturated rings. The van der Waals surface area contributed by atoms with Gasteiger partial charge in [0.25, 0.3) is 5.56 Å². The van der Waals surface area contributed by atoms with Gasteiger partial charge in [-0.15, -0.1) is 22.7 Å². The van der Waals surface area contributed by atoms with Gasteiger partial charge in [-0.2, -0.15) is 0 Å². The summed E-state index contributed by atoms with van der Waals surface area (Å²) in [5.41, 5.74) is 3.17. The maximum atomic E-state index is 13.7. The van der Waals surface area contributed by atoms with Gasteiger partial charge in [-0.1, -0.05) is 42.1 Å². The van der Waals surface area contributed by atoms with E-state index in [9.17, 15) is 9.18 Å². The lowest BCUT2D eigenvalue weighted by atomic mass is 10.1. The first-order chi connectivity index (χ1) is 15.1. The number of rotatable bonds is 5. The van der Waals surface area contributed by atoms with Crippen LogP contribution in [-0.2, 0) is 5.75 Å². The summed E-state index contributed by atoms with van der Waals surface area (Å²) in [5.74, 6) is 0.324. The molecule has 154 valence electrons. The monoisotopic (exact) mass is 465 g/mol. The molecule has 0 amide bonds. The van der Waals surface area contributed by atoms with Gasteiger partial charge >= 0.3 is 0 Å². The molecule has 3 heterocycles. The van der Waals surface area contributed by atoms with Crippen LogP contribution in [0.15, 0.2) is 75.3 Å². The van der Waals surface area contributed by atoms with Gasteiger partial charge in [-0.25, -0.2) is 14.4 Å². The highest BCUT2D eigenvalue weighted by atomic mass is 32.2. The summed E-state index contributed by atoms with van der Waals surface area (Å²) >= 11 is 4.53. The first-order valence-corrected chi connectivity index (χ1v) is 12.2. The molecule has 0 unspecified atom stereocenters. The molecule has 5 aromatic rings. The Balaban J connectivity index is 1.67. The summed E-state index contributed by atoms with van der Waals surface area (Å²) in [6.07, 6.45) is 0. The molecule has 0 bridgehead atoms. The van der Waals surface area contributed by atoms with E-state index < -0.39 is 0 Å². The van der Waals surface area contributed by atoms with Crippen LogP contribution < -0.4 is 5.56 Å². The Kier molecular flexibility index (Phi) is 5.43. The van der Waals surface area contributed by atoms with Crippen LogP contribution in [0.5, 0.6) is 0 Å². The van der Waals surface area contributed by atoms with E-state index in [4.69, 9.17) is 4.98 Å². The quantitative estimate of drug-likeness (QED) is 0.225. The molecule has 0 aliphatic carbocycles.